The summed E-state index contributed by atoms with van der Waals surface area (Å²) in [5.41, 5.74) is 2.25. The number of rotatable bonds is 1. The Morgan fingerprint density at radius 1 is 1.35 bits per heavy atom. The highest BCUT2D eigenvalue weighted by Crippen LogP contribution is 2.07. The van der Waals surface area contributed by atoms with E-state index in [0.29, 0.717) is 6.26 Å². The minimum atomic E-state index is -3.92. The lowest BCUT2D eigenvalue weighted by molar-refractivity contribution is -0.647. The first-order chi connectivity index (χ1) is 7.83. The van der Waals surface area contributed by atoms with Crippen molar-refractivity contribution in [1.82, 2.24) is 4.73 Å². The standard InChI is InChI=1S/C9H11N2O.CH4O3S/c1-10-7-11(12-2)9-6-4-3-5-8(9)10;1-5(2,3)4/h3-7H,1-2H3;1H3,(H,2,3,4)/q+1;/p-1. The molecule has 0 radical (unpaired) electrons. The van der Waals surface area contributed by atoms with Crippen molar-refractivity contribution in [3.63, 3.8) is 0 Å². The number of fused-ring (bicyclic) bond motifs is 1. The van der Waals surface area contributed by atoms with Crippen LogP contribution in [0.5, 0.6) is 0 Å². The van der Waals surface area contributed by atoms with Crippen LogP contribution in [0.2, 0.25) is 0 Å². The number of aryl methyl sites for hydroxylation is 1. The first-order valence-corrected chi connectivity index (χ1v) is 6.55. The topological polar surface area (TPSA) is 75.2 Å². The Labute approximate surface area is 99.8 Å². The van der Waals surface area contributed by atoms with E-state index < -0.39 is 10.1 Å². The van der Waals surface area contributed by atoms with Gasteiger partial charge in [-0.05, 0) is 16.9 Å². The van der Waals surface area contributed by atoms with E-state index in [1.807, 2.05) is 36.1 Å². The highest BCUT2D eigenvalue weighted by molar-refractivity contribution is 7.84. The predicted molar refractivity (Wildman–Crippen MR) is 61.2 cm³/mol. The summed E-state index contributed by atoms with van der Waals surface area (Å²) in [4.78, 5) is 5.14. The van der Waals surface area contributed by atoms with Crippen molar-refractivity contribution >= 4 is 21.2 Å². The molecule has 0 aliphatic rings. The molecule has 0 spiro atoms. The second kappa shape index (κ2) is 5.15. The van der Waals surface area contributed by atoms with E-state index in [9.17, 15) is 0 Å². The van der Waals surface area contributed by atoms with Crippen LogP contribution in [0.15, 0.2) is 30.6 Å². The zero-order valence-corrected chi connectivity index (χ0v) is 10.6. The minimum Gasteiger partial charge on any atom is -0.748 e. The van der Waals surface area contributed by atoms with Crippen molar-refractivity contribution in [1.29, 1.82) is 0 Å². The first-order valence-electron chi connectivity index (χ1n) is 4.74. The number of para-hydroxylation sites is 2. The third-order valence-electron chi connectivity index (χ3n) is 1.97. The molecule has 0 bridgehead atoms. The molecule has 0 amide bonds. The van der Waals surface area contributed by atoms with Gasteiger partial charge in [-0.15, -0.1) is 0 Å². The molecule has 0 atom stereocenters. The molecular formula is C10H14N2O4S. The average Bonchev–Trinajstić information content (AvgIpc) is 2.54. The van der Waals surface area contributed by atoms with Gasteiger partial charge in [-0.3, -0.25) is 0 Å². The van der Waals surface area contributed by atoms with Gasteiger partial charge in [-0.1, -0.05) is 12.1 Å². The zero-order chi connectivity index (χ0) is 13.1. The van der Waals surface area contributed by atoms with Gasteiger partial charge >= 0.3 is 0 Å². The molecule has 6 nitrogen and oxygen atoms in total. The number of imidazole rings is 1. The molecule has 0 aliphatic heterocycles. The zero-order valence-electron chi connectivity index (χ0n) is 9.82. The normalized spacial score (nSPS) is 10.8. The molecule has 2 aromatic rings. The Bertz CT molecular complexity index is 596. The summed E-state index contributed by atoms with van der Waals surface area (Å²) in [7, 11) is -0.260. The van der Waals surface area contributed by atoms with E-state index in [1.165, 1.54) is 5.52 Å². The molecule has 0 aliphatic carbocycles. The van der Waals surface area contributed by atoms with Crippen LogP contribution >= 0.6 is 0 Å². The van der Waals surface area contributed by atoms with Crippen molar-refractivity contribution in [2.24, 2.45) is 7.05 Å². The second-order valence-electron chi connectivity index (χ2n) is 3.43. The number of aromatic nitrogens is 2. The second-order valence-corrected chi connectivity index (χ2v) is 4.84. The van der Waals surface area contributed by atoms with Crippen molar-refractivity contribution < 1.29 is 22.4 Å². The van der Waals surface area contributed by atoms with E-state index in [0.717, 1.165) is 5.52 Å². The summed E-state index contributed by atoms with van der Waals surface area (Å²) in [5.74, 6) is 0. The fourth-order valence-corrected chi connectivity index (χ4v) is 1.38. The Balaban J connectivity index is 0.000000249. The smallest absolute Gasteiger partial charge is 0.285 e. The lowest BCUT2D eigenvalue weighted by Gasteiger charge is -1.90. The van der Waals surface area contributed by atoms with E-state index in [1.54, 1.807) is 11.8 Å². The minimum absolute atomic E-state index is 0.604. The van der Waals surface area contributed by atoms with Crippen molar-refractivity contribution in [2.75, 3.05) is 13.4 Å². The quantitative estimate of drug-likeness (QED) is 0.519. The van der Waals surface area contributed by atoms with Gasteiger partial charge in [0.1, 0.15) is 7.11 Å². The predicted octanol–water partition coefficient (Wildman–Crippen LogP) is -0.314. The van der Waals surface area contributed by atoms with Crippen LogP contribution < -0.4 is 9.40 Å². The van der Waals surface area contributed by atoms with Crippen LogP contribution in [-0.2, 0) is 17.2 Å². The Kier molecular flexibility index (Phi) is 4.08. The molecule has 0 saturated heterocycles. The Morgan fingerprint density at radius 2 is 1.88 bits per heavy atom. The molecule has 0 saturated carbocycles. The Hall–Kier alpha value is -1.60. The van der Waals surface area contributed by atoms with Gasteiger partial charge in [0.2, 0.25) is 5.52 Å². The van der Waals surface area contributed by atoms with Crippen LogP contribution in [0, 0.1) is 0 Å². The number of benzene rings is 1. The van der Waals surface area contributed by atoms with Gasteiger partial charge < -0.3 is 9.39 Å². The molecule has 0 unspecified atom stereocenters. The molecule has 17 heavy (non-hydrogen) atoms. The van der Waals surface area contributed by atoms with E-state index in [-0.39, 0.29) is 0 Å². The molecule has 7 heteroatoms. The fourth-order valence-electron chi connectivity index (χ4n) is 1.38. The van der Waals surface area contributed by atoms with Crippen LogP contribution in [0.4, 0.5) is 0 Å². The summed E-state index contributed by atoms with van der Waals surface area (Å²) in [6.07, 6.45) is 2.51. The van der Waals surface area contributed by atoms with E-state index >= 15 is 0 Å². The highest BCUT2D eigenvalue weighted by atomic mass is 32.2. The van der Waals surface area contributed by atoms with Gasteiger partial charge in [0.05, 0.1) is 17.2 Å². The average molecular weight is 258 g/mol. The molecule has 0 fully saturated rings. The number of nitrogens with zero attached hydrogens (tertiary/aromatic N) is 2. The number of hydrogen-bond donors (Lipinski definition) is 0. The van der Waals surface area contributed by atoms with Crippen molar-refractivity contribution in [3.8, 4) is 0 Å². The molecular weight excluding hydrogens is 244 g/mol. The van der Waals surface area contributed by atoms with Gasteiger partial charge in [0.15, 0.2) is 5.52 Å². The van der Waals surface area contributed by atoms with Crippen molar-refractivity contribution in [3.05, 3.63) is 30.6 Å². The van der Waals surface area contributed by atoms with E-state index in [2.05, 4.69) is 6.07 Å². The summed E-state index contributed by atoms with van der Waals surface area (Å²) in [6.45, 7) is 0. The summed E-state index contributed by atoms with van der Waals surface area (Å²) < 4.78 is 31.0. The van der Waals surface area contributed by atoms with Crippen LogP contribution in [-0.4, -0.2) is 31.1 Å². The summed E-state index contributed by atoms with van der Waals surface area (Å²) in [5, 5.41) is 0. The molecule has 1 aromatic heterocycles. The Morgan fingerprint density at radius 3 is 2.41 bits per heavy atom. The van der Waals surface area contributed by atoms with Gasteiger partial charge in [-0.2, -0.15) is 0 Å². The maximum atomic E-state index is 9.08. The maximum Gasteiger partial charge on any atom is 0.285 e. The van der Waals surface area contributed by atoms with E-state index in [4.69, 9.17) is 17.8 Å². The maximum absolute atomic E-state index is 9.08. The lowest BCUT2D eigenvalue weighted by Crippen LogP contribution is -2.25. The lowest BCUT2D eigenvalue weighted by atomic mass is 10.3. The largest absolute Gasteiger partial charge is 0.748 e. The monoisotopic (exact) mass is 258 g/mol. The van der Waals surface area contributed by atoms with Gasteiger partial charge in [0.25, 0.3) is 6.33 Å². The van der Waals surface area contributed by atoms with Crippen LogP contribution in [0.1, 0.15) is 0 Å². The summed E-state index contributed by atoms with van der Waals surface area (Å²) in [6, 6.07) is 8.10. The third kappa shape index (κ3) is 4.04. The van der Waals surface area contributed by atoms with Gasteiger partial charge in [0, 0.05) is 6.26 Å². The SMILES string of the molecule is COn1c[n+](C)c2ccccc21.CS(=O)(=O)[O-]. The molecule has 94 valence electrons. The van der Waals surface area contributed by atoms with Crippen molar-refractivity contribution in [2.45, 2.75) is 0 Å². The molecule has 2 rings (SSSR count). The fraction of sp³-hybridized carbons (Fsp3) is 0.300. The molecule has 0 N–H and O–H groups in total. The number of hydrogen-bond acceptors (Lipinski definition) is 4. The first kappa shape index (κ1) is 13.5. The van der Waals surface area contributed by atoms with Crippen LogP contribution in [0.25, 0.3) is 11.0 Å². The third-order valence-corrected chi connectivity index (χ3v) is 1.97. The highest BCUT2D eigenvalue weighted by Gasteiger charge is 2.11. The molecule has 1 heterocycles. The van der Waals surface area contributed by atoms with Crippen LogP contribution in [0.3, 0.4) is 0 Å². The van der Waals surface area contributed by atoms with Gasteiger partial charge in [-0.25, -0.2) is 13.0 Å². The summed E-state index contributed by atoms with van der Waals surface area (Å²) >= 11 is 0. The molecule has 1 aromatic carbocycles.